The highest BCUT2D eigenvalue weighted by Crippen LogP contribution is 2.37. The maximum Gasteiger partial charge on any atom is 0.573 e. The zero-order valence-corrected chi connectivity index (χ0v) is 46.4. The van der Waals surface area contributed by atoms with E-state index in [1.54, 1.807) is 31.2 Å². The molecule has 0 aliphatic heterocycles. The molecule has 0 bridgehead atoms. The van der Waals surface area contributed by atoms with Gasteiger partial charge in [-0.05, 0) is 137 Å². The molecule has 0 atom stereocenters. The lowest BCUT2D eigenvalue weighted by molar-refractivity contribution is -0.275. The van der Waals surface area contributed by atoms with Gasteiger partial charge in [0, 0.05) is 26.2 Å². The lowest BCUT2D eigenvalue weighted by Gasteiger charge is -2.31. The van der Waals surface area contributed by atoms with Gasteiger partial charge in [-0.2, -0.15) is 4.99 Å². The summed E-state index contributed by atoms with van der Waals surface area (Å²) in [4.78, 5) is 54.4. The van der Waals surface area contributed by atoms with Gasteiger partial charge in [-0.15, -0.1) is 26.3 Å². The Kier molecular flexibility index (Phi) is 23.3. The molecule has 0 aliphatic carbocycles. The van der Waals surface area contributed by atoms with E-state index in [9.17, 15) is 55.7 Å². The maximum absolute atomic E-state index is 13.2. The summed E-state index contributed by atoms with van der Waals surface area (Å²) in [7, 11) is 0. The number of benzene rings is 6. The third-order valence-electron chi connectivity index (χ3n) is 11.7. The van der Waals surface area contributed by atoms with Gasteiger partial charge in [0.2, 0.25) is 12.0 Å². The molecule has 0 aromatic heterocycles. The van der Waals surface area contributed by atoms with Crippen molar-refractivity contribution in [3.05, 3.63) is 149 Å². The minimum absolute atomic E-state index is 0.0743. The average Bonchev–Trinajstić information content (AvgIpc) is 3.46. The van der Waals surface area contributed by atoms with Crippen molar-refractivity contribution in [3.8, 4) is 33.8 Å². The van der Waals surface area contributed by atoms with E-state index in [1.165, 1.54) is 42.5 Å². The van der Waals surface area contributed by atoms with Crippen molar-refractivity contribution in [1.82, 2.24) is 0 Å². The molecule has 0 saturated heterocycles. The van der Waals surface area contributed by atoms with Crippen LogP contribution in [0.1, 0.15) is 92.8 Å². The minimum Gasteiger partial charge on any atom is -0.478 e. The Balaban J connectivity index is 0.000000293. The molecule has 0 saturated carbocycles. The Morgan fingerprint density at radius 1 is 0.588 bits per heavy atom. The highest BCUT2D eigenvalue weighted by molar-refractivity contribution is 6.01. The van der Waals surface area contributed by atoms with Crippen LogP contribution >= 0.6 is 0 Å². The molecular formula is C61H69F6N5O8. The van der Waals surface area contributed by atoms with Gasteiger partial charge in [-0.3, -0.25) is 4.79 Å². The number of rotatable bonds is 20. The van der Waals surface area contributed by atoms with Crippen molar-refractivity contribution < 1.29 is 65.2 Å². The van der Waals surface area contributed by atoms with Crippen molar-refractivity contribution in [3.63, 3.8) is 0 Å². The van der Waals surface area contributed by atoms with Crippen LogP contribution in [-0.2, 0) is 16.0 Å². The van der Waals surface area contributed by atoms with E-state index in [4.69, 9.17) is 5.73 Å². The van der Waals surface area contributed by atoms with Crippen LogP contribution in [0.4, 0.5) is 54.8 Å². The van der Waals surface area contributed by atoms with Crippen molar-refractivity contribution in [2.24, 2.45) is 28.7 Å². The van der Waals surface area contributed by atoms with Crippen LogP contribution in [0, 0.1) is 37.5 Å². The van der Waals surface area contributed by atoms with E-state index in [2.05, 4.69) is 85.0 Å². The third-order valence-corrected chi connectivity index (χ3v) is 11.7. The number of isocyanates is 1. The monoisotopic (exact) mass is 1110 g/mol. The smallest absolute Gasteiger partial charge is 0.478 e. The van der Waals surface area contributed by atoms with Crippen LogP contribution in [0.3, 0.4) is 0 Å². The second-order valence-electron chi connectivity index (χ2n) is 20.7. The molecule has 80 heavy (non-hydrogen) atoms. The Bertz CT molecular complexity index is 3060. The van der Waals surface area contributed by atoms with Crippen LogP contribution in [0.5, 0.6) is 11.5 Å². The lowest BCUT2D eigenvalue weighted by Crippen LogP contribution is -2.32. The Morgan fingerprint density at radius 3 is 1.38 bits per heavy atom. The molecule has 6 rings (SSSR count). The number of carbonyl (C=O) groups excluding carboxylic acids is 2. The van der Waals surface area contributed by atoms with Gasteiger partial charge >= 0.3 is 24.7 Å². The number of carbonyl (C=O) groups is 3. The number of carboxylic acids is 2. The topological polar surface area (TPSA) is 184 Å². The van der Waals surface area contributed by atoms with Gasteiger partial charge < -0.3 is 40.5 Å². The van der Waals surface area contributed by atoms with Crippen molar-refractivity contribution in [2.45, 2.75) is 88.4 Å². The van der Waals surface area contributed by atoms with E-state index < -0.39 is 24.7 Å². The molecule has 428 valence electrons. The number of aliphatic imine (C=N–C) groups is 1. The first-order valence-corrected chi connectivity index (χ1v) is 25.7. The quantitative estimate of drug-likeness (QED) is 0.0247. The molecule has 5 N–H and O–H groups in total. The largest absolute Gasteiger partial charge is 0.573 e. The summed E-state index contributed by atoms with van der Waals surface area (Å²) in [5, 5.41) is 22.4. The highest BCUT2D eigenvalue weighted by Gasteiger charge is 2.32. The molecule has 1 amide bonds. The molecule has 0 fully saturated rings. The van der Waals surface area contributed by atoms with E-state index >= 15 is 0 Å². The molecule has 19 heteroatoms. The van der Waals surface area contributed by atoms with Crippen LogP contribution in [-0.4, -0.2) is 73.0 Å². The molecule has 0 radical (unpaired) electrons. The molecular weight excluding hydrogens is 1040 g/mol. The van der Waals surface area contributed by atoms with Crippen molar-refractivity contribution in [1.29, 1.82) is 0 Å². The summed E-state index contributed by atoms with van der Waals surface area (Å²) in [6.45, 7) is 24.1. The van der Waals surface area contributed by atoms with Crippen molar-refractivity contribution in [2.75, 3.05) is 47.0 Å². The first-order chi connectivity index (χ1) is 37.4. The molecule has 0 spiro atoms. The second kappa shape index (κ2) is 29.1. The third kappa shape index (κ3) is 20.5. The normalized spacial score (nSPS) is 11.2. The summed E-state index contributed by atoms with van der Waals surface area (Å²) in [5.41, 5.74) is 14.8. The number of halogens is 6. The van der Waals surface area contributed by atoms with E-state index in [1.807, 2.05) is 55.5 Å². The first-order valence-electron chi connectivity index (χ1n) is 25.7. The zero-order valence-electron chi connectivity index (χ0n) is 46.4. The predicted octanol–water partition coefficient (Wildman–Crippen LogP) is 15.2. The van der Waals surface area contributed by atoms with E-state index in [-0.39, 0.29) is 35.1 Å². The molecule has 0 aliphatic rings. The van der Waals surface area contributed by atoms with Gasteiger partial charge in [-0.1, -0.05) is 116 Å². The Morgan fingerprint density at radius 2 is 0.988 bits per heavy atom. The summed E-state index contributed by atoms with van der Waals surface area (Å²) < 4.78 is 80.0. The minimum atomic E-state index is -4.80. The zero-order chi connectivity index (χ0) is 59.6. The summed E-state index contributed by atoms with van der Waals surface area (Å²) in [5.74, 6) is -1.29. The van der Waals surface area contributed by atoms with E-state index in [0.29, 0.717) is 68.4 Å². The number of nitrogen functional groups attached to an aromatic ring is 1. The fourth-order valence-electron chi connectivity index (χ4n) is 8.74. The summed E-state index contributed by atoms with van der Waals surface area (Å²) in [6.07, 6.45) is -8.32. The van der Waals surface area contributed by atoms with Crippen LogP contribution in [0.2, 0.25) is 0 Å². The average molecular weight is 1110 g/mol. The predicted molar refractivity (Wildman–Crippen MR) is 302 cm³/mol. The standard InChI is InChI=1S/C31H35F3N2O4.C22H30N2O2.C8H4F3NO2/c1-19(2)17-36(18-20(3)4)27-14-11-23(25-8-6-7-21(5)29(25)30(38)39)16-26(27)35-28(37)15-22-9-12-24(13-10-22)40-31(32,33)34;1-14(2)12-24(13-15(3)4)20-10-9-17(11-19(20)23)18-8-6-7-16(5)21(18)22(25)26;9-8(10,11)14-7-3-1-6(2-4-7)12-5-13/h6-14,16,19-20H,15,17-18H2,1-5H3,(H,35,37)(H,38,39);6-11,14-15H,12-13,23H2,1-5H3,(H,25,26);1-4H. The second-order valence-corrected chi connectivity index (χ2v) is 20.7. The number of nitrogens with two attached hydrogens (primary N) is 1. The number of nitrogens with one attached hydrogen (secondary N) is 1. The number of anilines is 4. The highest BCUT2D eigenvalue weighted by atomic mass is 19.4. The lowest BCUT2D eigenvalue weighted by atomic mass is 9.95. The number of nitrogens with zero attached hydrogens (tertiary/aromatic N) is 3. The molecule has 6 aromatic carbocycles. The maximum atomic E-state index is 13.2. The molecule has 6 aromatic rings. The summed E-state index contributed by atoms with van der Waals surface area (Å²) >= 11 is 0. The number of aromatic carboxylic acids is 2. The van der Waals surface area contributed by atoms with Crippen LogP contribution < -0.4 is 30.3 Å². The molecule has 0 unspecified atom stereocenters. The fraction of sp³-hybridized carbons (Fsp3) is 0.344. The van der Waals surface area contributed by atoms with Gasteiger partial charge in [0.1, 0.15) is 11.5 Å². The number of ether oxygens (including phenoxy) is 2. The molecule has 13 nitrogen and oxygen atoms in total. The van der Waals surface area contributed by atoms with Gasteiger partial charge in [0.25, 0.3) is 0 Å². The van der Waals surface area contributed by atoms with Crippen LogP contribution in [0.15, 0.2) is 126 Å². The Hall–Kier alpha value is -8.31. The number of alkyl halides is 6. The van der Waals surface area contributed by atoms with Gasteiger partial charge in [0.15, 0.2) is 0 Å². The van der Waals surface area contributed by atoms with E-state index in [0.717, 1.165) is 60.8 Å². The number of hydrogen-bond donors (Lipinski definition) is 4. The van der Waals surface area contributed by atoms with Crippen molar-refractivity contribution >= 4 is 52.4 Å². The fourth-order valence-corrected chi connectivity index (χ4v) is 8.74. The molecule has 0 heterocycles. The van der Waals surface area contributed by atoms with Crippen LogP contribution in [0.25, 0.3) is 22.3 Å². The van der Waals surface area contributed by atoms with Gasteiger partial charge in [0.05, 0.1) is 46.0 Å². The number of amides is 1. The number of aryl methyl sites for hydroxylation is 2. The number of carboxylic acid groups (broad SMARTS) is 2. The Labute approximate surface area is 463 Å². The summed E-state index contributed by atoms with van der Waals surface area (Å²) in [6, 6.07) is 31.9. The SMILES string of the molecule is Cc1cccc(-c2ccc(N(CC(C)C)CC(C)C)c(N)c2)c1C(=O)O.Cc1cccc(-c2ccc(N(CC(C)C)CC(C)C)c(NC(=O)Cc3ccc(OC(F)(F)F)cc3)c2)c1C(=O)O.O=C=Nc1ccc(OC(F)(F)F)cc1. The number of hydrogen-bond acceptors (Lipinski definition) is 10. The first kappa shape index (κ1) is 64.2. The van der Waals surface area contributed by atoms with Gasteiger partial charge in [-0.25, -0.2) is 14.4 Å².